The van der Waals surface area contributed by atoms with E-state index >= 15 is 0 Å². The Balaban J connectivity index is 1.57. The summed E-state index contributed by atoms with van der Waals surface area (Å²) in [4.78, 5) is 6.88. The molecule has 1 aromatic rings. The summed E-state index contributed by atoms with van der Waals surface area (Å²) in [5, 5.41) is 7.40. The maximum atomic E-state index is 5.31. The summed E-state index contributed by atoms with van der Waals surface area (Å²) < 4.78 is 5.31. The fraction of sp³-hybridized carbons (Fsp3) is 0.833. The van der Waals surface area contributed by atoms with Crippen molar-refractivity contribution in [2.45, 2.75) is 44.2 Å². The molecular weight excluding hydrogens is 216 g/mol. The van der Waals surface area contributed by atoms with E-state index in [4.69, 9.17) is 4.52 Å². The molecule has 1 unspecified atom stereocenters. The molecule has 0 radical (unpaired) electrons. The second kappa shape index (κ2) is 4.74. The Hall–Kier alpha value is -0.940. The normalized spacial score (nSPS) is 26.3. The summed E-state index contributed by atoms with van der Waals surface area (Å²) in [6, 6.07) is 0.606. The fourth-order valence-corrected chi connectivity index (χ4v) is 2.47. The average molecular weight is 236 g/mol. The predicted octanol–water partition coefficient (Wildman–Crippen LogP) is 1.13. The number of hydrogen-bond acceptors (Lipinski definition) is 5. The number of nitrogens with zero attached hydrogens (tertiary/aromatic N) is 3. The van der Waals surface area contributed by atoms with E-state index in [1.54, 1.807) is 0 Å². The molecule has 2 heterocycles. The van der Waals surface area contributed by atoms with Crippen LogP contribution in [0.1, 0.15) is 43.3 Å². The first kappa shape index (κ1) is 11.2. The first-order valence-electron chi connectivity index (χ1n) is 6.57. The van der Waals surface area contributed by atoms with Crippen molar-refractivity contribution in [1.29, 1.82) is 0 Å². The molecule has 0 spiro atoms. The van der Waals surface area contributed by atoms with Gasteiger partial charge in [-0.25, -0.2) is 0 Å². The van der Waals surface area contributed by atoms with Crippen molar-refractivity contribution >= 4 is 0 Å². The van der Waals surface area contributed by atoms with Gasteiger partial charge in [0.1, 0.15) is 0 Å². The number of hydrogen-bond donors (Lipinski definition) is 1. The Morgan fingerprint density at radius 2 is 2.29 bits per heavy atom. The molecule has 0 aromatic carbocycles. The van der Waals surface area contributed by atoms with Crippen LogP contribution in [0.3, 0.4) is 0 Å². The topological polar surface area (TPSA) is 54.2 Å². The van der Waals surface area contributed by atoms with Gasteiger partial charge in [-0.2, -0.15) is 4.98 Å². The van der Waals surface area contributed by atoms with Crippen molar-refractivity contribution in [1.82, 2.24) is 20.4 Å². The van der Waals surface area contributed by atoms with Crippen LogP contribution in [0, 0.1) is 0 Å². The van der Waals surface area contributed by atoms with E-state index < -0.39 is 0 Å². The number of likely N-dealkylation sites (tertiary alicyclic amines) is 1. The van der Waals surface area contributed by atoms with E-state index in [9.17, 15) is 0 Å². The maximum Gasteiger partial charge on any atom is 0.240 e. The van der Waals surface area contributed by atoms with Gasteiger partial charge in [0.2, 0.25) is 5.89 Å². The molecule has 1 aliphatic carbocycles. The summed E-state index contributed by atoms with van der Waals surface area (Å²) in [5.74, 6) is 2.28. The number of aromatic nitrogens is 2. The quantitative estimate of drug-likeness (QED) is 0.849. The molecule has 1 saturated carbocycles. The van der Waals surface area contributed by atoms with Crippen LogP contribution in [-0.2, 0) is 6.54 Å². The van der Waals surface area contributed by atoms with E-state index in [0.29, 0.717) is 12.0 Å². The van der Waals surface area contributed by atoms with E-state index in [2.05, 4.69) is 20.4 Å². The van der Waals surface area contributed by atoms with Crippen molar-refractivity contribution in [2.24, 2.45) is 0 Å². The molecule has 17 heavy (non-hydrogen) atoms. The van der Waals surface area contributed by atoms with Gasteiger partial charge in [0.25, 0.3) is 0 Å². The lowest BCUT2D eigenvalue weighted by Crippen LogP contribution is -2.43. The average Bonchev–Trinajstić information content (AvgIpc) is 3.11. The molecule has 1 saturated heterocycles. The Labute approximate surface area is 102 Å². The maximum absolute atomic E-state index is 5.31. The standard InChI is InChI=1S/C12H20N4O/c1-13-10-3-2-6-16(7-10)8-11-14-12(15-17-11)9-4-5-9/h9-10,13H,2-8H2,1H3. The second-order valence-corrected chi connectivity index (χ2v) is 5.18. The minimum atomic E-state index is 0.582. The van der Waals surface area contributed by atoms with Gasteiger partial charge in [-0.3, -0.25) is 4.90 Å². The lowest BCUT2D eigenvalue weighted by molar-refractivity contribution is 0.167. The summed E-state index contributed by atoms with van der Waals surface area (Å²) >= 11 is 0. The van der Waals surface area contributed by atoms with Gasteiger partial charge >= 0.3 is 0 Å². The zero-order valence-corrected chi connectivity index (χ0v) is 10.4. The molecule has 1 aromatic heterocycles. The Morgan fingerprint density at radius 3 is 3.06 bits per heavy atom. The number of rotatable bonds is 4. The molecule has 3 rings (SSSR count). The van der Waals surface area contributed by atoms with Crippen molar-refractivity contribution in [3.8, 4) is 0 Å². The highest BCUT2D eigenvalue weighted by molar-refractivity contribution is 5.03. The van der Waals surface area contributed by atoms with Crippen LogP contribution in [0.25, 0.3) is 0 Å². The van der Waals surface area contributed by atoms with Crippen LogP contribution < -0.4 is 5.32 Å². The van der Waals surface area contributed by atoms with Crippen LogP contribution in [0.5, 0.6) is 0 Å². The van der Waals surface area contributed by atoms with Crippen LogP contribution in [-0.4, -0.2) is 41.2 Å². The molecule has 0 bridgehead atoms. The third-order valence-electron chi connectivity index (χ3n) is 3.70. The third kappa shape index (κ3) is 2.66. The Kier molecular flexibility index (Phi) is 3.11. The van der Waals surface area contributed by atoms with Crippen LogP contribution in [0.15, 0.2) is 4.52 Å². The van der Waals surface area contributed by atoms with Gasteiger partial charge in [0, 0.05) is 18.5 Å². The third-order valence-corrected chi connectivity index (χ3v) is 3.70. The molecule has 1 atom stereocenters. The van der Waals surface area contributed by atoms with Gasteiger partial charge < -0.3 is 9.84 Å². The highest BCUT2D eigenvalue weighted by Crippen LogP contribution is 2.38. The second-order valence-electron chi connectivity index (χ2n) is 5.18. The van der Waals surface area contributed by atoms with Crippen molar-refractivity contribution in [2.75, 3.05) is 20.1 Å². The molecule has 1 N–H and O–H groups in total. The van der Waals surface area contributed by atoms with Crippen molar-refractivity contribution < 1.29 is 4.52 Å². The SMILES string of the molecule is CNC1CCCN(Cc2nc(C3CC3)no2)C1. The van der Waals surface area contributed by atoms with Crippen LogP contribution >= 0.6 is 0 Å². The number of likely N-dealkylation sites (N-methyl/N-ethyl adjacent to an activating group) is 1. The van der Waals surface area contributed by atoms with E-state index in [0.717, 1.165) is 31.3 Å². The first-order chi connectivity index (χ1) is 8.35. The van der Waals surface area contributed by atoms with Gasteiger partial charge in [0.05, 0.1) is 6.54 Å². The highest BCUT2D eigenvalue weighted by atomic mass is 16.5. The lowest BCUT2D eigenvalue weighted by atomic mass is 10.1. The molecule has 5 nitrogen and oxygen atoms in total. The van der Waals surface area contributed by atoms with Crippen molar-refractivity contribution in [3.63, 3.8) is 0 Å². The summed E-state index contributed by atoms with van der Waals surface area (Å²) in [6.45, 7) is 3.02. The molecule has 94 valence electrons. The monoisotopic (exact) mass is 236 g/mol. The summed E-state index contributed by atoms with van der Waals surface area (Å²) in [5.41, 5.74) is 0. The zero-order valence-electron chi connectivity index (χ0n) is 10.4. The zero-order chi connectivity index (χ0) is 11.7. The smallest absolute Gasteiger partial charge is 0.240 e. The predicted molar refractivity (Wildman–Crippen MR) is 63.6 cm³/mol. The number of piperidine rings is 1. The van der Waals surface area contributed by atoms with Crippen LogP contribution in [0.4, 0.5) is 0 Å². The fourth-order valence-electron chi connectivity index (χ4n) is 2.47. The van der Waals surface area contributed by atoms with E-state index in [-0.39, 0.29) is 0 Å². The van der Waals surface area contributed by atoms with E-state index in [1.807, 2.05) is 7.05 Å². The van der Waals surface area contributed by atoms with Crippen LogP contribution in [0.2, 0.25) is 0 Å². The molecule has 2 fully saturated rings. The largest absolute Gasteiger partial charge is 0.338 e. The summed E-state index contributed by atoms with van der Waals surface area (Å²) in [6.07, 6.45) is 4.97. The van der Waals surface area contributed by atoms with Gasteiger partial charge in [-0.1, -0.05) is 5.16 Å². The molecular formula is C12H20N4O. The van der Waals surface area contributed by atoms with Gasteiger partial charge in [-0.05, 0) is 39.3 Å². The van der Waals surface area contributed by atoms with Crippen molar-refractivity contribution in [3.05, 3.63) is 11.7 Å². The number of nitrogens with one attached hydrogen (secondary N) is 1. The van der Waals surface area contributed by atoms with Gasteiger partial charge in [-0.15, -0.1) is 0 Å². The molecule has 5 heteroatoms. The molecule has 2 aliphatic rings. The first-order valence-corrected chi connectivity index (χ1v) is 6.57. The lowest BCUT2D eigenvalue weighted by Gasteiger charge is -2.31. The van der Waals surface area contributed by atoms with E-state index in [1.165, 1.54) is 25.7 Å². The Bertz CT molecular complexity index is 374. The minimum absolute atomic E-state index is 0.582. The highest BCUT2D eigenvalue weighted by Gasteiger charge is 2.29. The minimum Gasteiger partial charge on any atom is -0.338 e. The molecule has 0 amide bonds. The molecule has 1 aliphatic heterocycles. The van der Waals surface area contributed by atoms with Gasteiger partial charge in [0.15, 0.2) is 5.82 Å². The Morgan fingerprint density at radius 1 is 1.41 bits per heavy atom. The summed E-state index contributed by atoms with van der Waals surface area (Å²) in [7, 11) is 2.03.